The number of rotatable bonds is 8. The van der Waals surface area contributed by atoms with Gasteiger partial charge in [-0.1, -0.05) is 38.6 Å². The van der Waals surface area contributed by atoms with Gasteiger partial charge in [0.2, 0.25) is 0 Å². The SMILES string of the molecule is C=C(/C=C(C#N)\C(=C/C)c1cccc(OCC(C)C)c1)c1ncc(C(=O)O)s1. The molecule has 1 aromatic carbocycles. The first-order valence-corrected chi connectivity index (χ1v) is 9.57. The molecule has 0 atom stereocenters. The van der Waals surface area contributed by atoms with Gasteiger partial charge in [0.15, 0.2) is 0 Å². The molecule has 5 nitrogen and oxygen atoms in total. The van der Waals surface area contributed by atoms with Crippen molar-refractivity contribution in [1.29, 1.82) is 5.26 Å². The van der Waals surface area contributed by atoms with E-state index in [1.54, 1.807) is 6.08 Å². The second-order valence-corrected chi connectivity index (χ2v) is 7.50. The summed E-state index contributed by atoms with van der Waals surface area (Å²) in [5.74, 6) is 0.123. The smallest absolute Gasteiger partial charge is 0.347 e. The molecule has 0 unspecified atom stereocenters. The molecule has 0 saturated carbocycles. The highest BCUT2D eigenvalue weighted by molar-refractivity contribution is 7.14. The molecule has 2 aromatic rings. The Kier molecular flexibility index (Phi) is 7.30. The lowest BCUT2D eigenvalue weighted by atomic mass is 9.96. The summed E-state index contributed by atoms with van der Waals surface area (Å²) in [6.07, 6.45) is 4.77. The minimum Gasteiger partial charge on any atom is -0.493 e. The van der Waals surface area contributed by atoms with Gasteiger partial charge >= 0.3 is 5.97 Å². The van der Waals surface area contributed by atoms with Gasteiger partial charge in [-0.15, -0.1) is 11.3 Å². The van der Waals surface area contributed by atoms with Crippen LogP contribution in [0, 0.1) is 17.2 Å². The molecule has 6 heteroatoms. The van der Waals surface area contributed by atoms with Gasteiger partial charge in [-0.2, -0.15) is 5.26 Å². The summed E-state index contributed by atoms with van der Waals surface area (Å²) in [5.41, 5.74) is 2.50. The minimum absolute atomic E-state index is 0.129. The van der Waals surface area contributed by atoms with E-state index in [1.807, 2.05) is 37.3 Å². The van der Waals surface area contributed by atoms with Gasteiger partial charge in [0, 0.05) is 5.57 Å². The largest absolute Gasteiger partial charge is 0.493 e. The third kappa shape index (κ3) is 5.41. The van der Waals surface area contributed by atoms with E-state index in [9.17, 15) is 10.1 Å². The predicted molar refractivity (Wildman–Crippen MR) is 112 cm³/mol. The summed E-state index contributed by atoms with van der Waals surface area (Å²) in [4.78, 5) is 15.2. The fourth-order valence-electron chi connectivity index (χ4n) is 2.42. The lowest BCUT2D eigenvalue weighted by Gasteiger charge is -2.12. The first-order valence-electron chi connectivity index (χ1n) is 8.75. The topological polar surface area (TPSA) is 83.2 Å². The number of carbonyl (C=O) groups is 1. The zero-order valence-electron chi connectivity index (χ0n) is 16.1. The molecule has 1 aromatic heterocycles. The second kappa shape index (κ2) is 9.67. The molecule has 0 aliphatic carbocycles. The van der Waals surface area contributed by atoms with E-state index >= 15 is 0 Å². The van der Waals surface area contributed by atoms with Crippen molar-refractivity contribution in [2.45, 2.75) is 20.8 Å². The molecule has 0 aliphatic heterocycles. The Hall–Kier alpha value is -3.17. The van der Waals surface area contributed by atoms with Crippen LogP contribution in [0.1, 0.15) is 41.0 Å². The van der Waals surface area contributed by atoms with Crippen LogP contribution in [0.3, 0.4) is 0 Å². The number of hydrogen-bond acceptors (Lipinski definition) is 5. The summed E-state index contributed by atoms with van der Waals surface area (Å²) in [5, 5.41) is 19.2. The summed E-state index contributed by atoms with van der Waals surface area (Å²) >= 11 is 1.02. The molecule has 0 bridgehead atoms. The number of nitrogens with zero attached hydrogens (tertiary/aromatic N) is 2. The van der Waals surface area contributed by atoms with E-state index in [4.69, 9.17) is 9.84 Å². The zero-order chi connectivity index (χ0) is 20.7. The van der Waals surface area contributed by atoms with E-state index < -0.39 is 5.97 Å². The Morgan fingerprint density at radius 1 is 1.46 bits per heavy atom. The average Bonchev–Trinajstić information content (AvgIpc) is 3.17. The van der Waals surface area contributed by atoms with E-state index in [0.717, 1.165) is 28.2 Å². The second-order valence-electron chi connectivity index (χ2n) is 6.46. The van der Waals surface area contributed by atoms with E-state index in [1.165, 1.54) is 6.20 Å². The quantitative estimate of drug-likeness (QED) is 0.476. The number of aromatic nitrogens is 1. The third-order valence-corrected chi connectivity index (χ3v) is 4.80. The number of nitriles is 1. The van der Waals surface area contributed by atoms with Crippen molar-refractivity contribution in [3.05, 3.63) is 70.2 Å². The molecule has 0 amide bonds. The van der Waals surface area contributed by atoms with Gasteiger partial charge in [-0.25, -0.2) is 9.78 Å². The highest BCUT2D eigenvalue weighted by Gasteiger charge is 2.13. The molecule has 0 spiro atoms. The van der Waals surface area contributed by atoms with Gasteiger partial charge in [-0.05, 0) is 42.2 Å². The highest BCUT2D eigenvalue weighted by Crippen LogP contribution is 2.29. The van der Waals surface area contributed by atoms with E-state index in [2.05, 4.69) is 31.5 Å². The number of aromatic carboxylic acids is 1. The third-order valence-electron chi connectivity index (χ3n) is 3.74. The van der Waals surface area contributed by atoms with Crippen molar-refractivity contribution in [3.8, 4) is 11.8 Å². The standard InChI is InChI=1S/C22H22N2O3S/c1-5-19(16-7-6-8-18(10-16)27-13-14(2)3)17(11-23)9-15(4)21-24-12-20(28-21)22(25)26/h5-10,12,14H,4,13H2,1-3H3,(H,25,26)/b17-9-,19-5-. The van der Waals surface area contributed by atoms with Crippen LogP contribution in [-0.4, -0.2) is 22.7 Å². The Balaban J connectivity index is 2.31. The van der Waals surface area contributed by atoms with Crippen LogP contribution in [0.15, 0.2) is 54.8 Å². The Morgan fingerprint density at radius 2 is 2.21 bits per heavy atom. The van der Waals surface area contributed by atoms with Crippen molar-refractivity contribution >= 4 is 28.5 Å². The van der Waals surface area contributed by atoms with Crippen molar-refractivity contribution in [2.24, 2.45) is 5.92 Å². The number of carboxylic acid groups (broad SMARTS) is 1. The summed E-state index contributed by atoms with van der Waals surface area (Å²) < 4.78 is 5.78. The molecule has 1 N–H and O–H groups in total. The molecule has 144 valence electrons. The van der Waals surface area contributed by atoms with Gasteiger partial charge in [0.1, 0.15) is 15.6 Å². The van der Waals surface area contributed by atoms with Crippen molar-refractivity contribution in [1.82, 2.24) is 4.98 Å². The van der Waals surface area contributed by atoms with Crippen LogP contribution in [0.4, 0.5) is 0 Å². The van der Waals surface area contributed by atoms with Crippen LogP contribution in [0.25, 0.3) is 11.1 Å². The molecule has 0 aliphatic rings. The zero-order valence-corrected chi connectivity index (χ0v) is 16.9. The maximum atomic E-state index is 11.0. The van der Waals surface area contributed by atoms with Crippen LogP contribution < -0.4 is 4.74 Å². The van der Waals surface area contributed by atoms with Crippen molar-refractivity contribution < 1.29 is 14.6 Å². The van der Waals surface area contributed by atoms with Crippen LogP contribution in [0.2, 0.25) is 0 Å². The summed E-state index contributed by atoms with van der Waals surface area (Å²) in [6, 6.07) is 9.79. The average molecular weight is 394 g/mol. The molecule has 1 heterocycles. The minimum atomic E-state index is -1.03. The monoisotopic (exact) mass is 394 g/mol. The maximum absolute atomic E-state index is 11.0. The Labute approximate surface area is 168 Å². The summed E-state index contributed by atoms with van der Waals surface area (Å²) in [7, 11) is 0. The number of benzene rings is 1. The van der Waals surface area contributed by atoms with Gasteiger partial charge in [0.25, 0.3) is 0 Å². The predicted octanol–water partition coefficient (Wildman–Crippen LogP) is 5.44. The van der Waals surface area contributed by atoms with Crippen molar-refractivity contribution in [3.63, 3.8) is 0 Å². The number of carboxylic acids is 1. The number of allylic oxidation sites excluding steroid dienone is 5. The van der Waals surface area contributed by atoms with Crippen LogP contribution in [-0.2, 0) is 0 Å². The number of hydrogen-bond donors (Lipinski definition) is 1. The Morgan fingerprint density at radius 3 is 2.79 bits per heavy atom. The van der Waals surface area contributed by atoms with E-state index in [0.29, 0.717) is 28.7 Å². The molecule has 0 fully saturated rings. The molecular weight excluding hydrogens is 372 g/mol. The summed E-state index contributed by atoms with van der Waals surface area (Å²) in [6.45, 7) is 10.6. The fraction of sp³-hybridized carbons (Fsp3) is 0.227. The normalized spacial score (nSPS) is 12.0. The first-order chi connectivity index (χ1) is 13.3. The number of thiazole rings is 1. The highest BCUT2D eigenvalue weighted by atomic mass is 32.1. The Bertz CT molecular complexity index is 978. The molecule has 2 rings (SSSR count). The molecule has 0 radical (unpaired) electrons. The van der Waals surface area contributed by atoms with Crippen LogP contribution >= 0.6 is 11.3 Å². The van der Waals surface area contributed by atoms with Crippen molar-refractivity contribution in [2.75, 3.05) is 6.61 Å². The lowest BCUT2D eigenvalue weighted by Crippen LogP contribution is -2.04. The van der Waals surface area contributed by atoms with Gasteiger partial charge < -0.3 is 9.84 Å². The molecular formula is C22H22N2O3S. The van der Waals surface area contributed by atoms with Gasteiger partial charge in [-0.3, -0.25) is 0 Å². The first kappa shape index (κ1) is 21.1. The maximum Gasteiger partial charge on any atom is 0.347 e. The van der Waals surface area contributed by atoms with Gasteiger partial charge in [0.05, 0.1) is 24.4 Å². The fourth-order valence-corrected chi connectivity index (χ4v) is 3.12. The van der Waals surface area contributed by atoms with E-state index in [-0.39, 0.29) is 4.88 Å². The number of ether oxygens (including phenoxy) is 1. The lowest BCUT2D eigenvalue weighted by molar-refractivity contribution is 0.0702. The molecule has 0 saturated heterocycles. The van der Waals surface area contributed by atoms with Crippen LogP contribution in [0.5, 0.6) is 5.75 Å². The molecule has 28 heavy (non-hydrogen) atoms.